The second-order valence-electron chi connectivity index (χ2n) is 4.96. The number of unbranched alkanes of at least 4 members (excludes halogenated alkanes) is 1. The number of nitrogens with one attached hydrogen (secondary N) is 2. The molecule has 2 fully saturated rings. The van der Waals surface area contributed by atoms with Crippen molar-refractivity contribution >= 4 is 11.9 Å². The quantitative estimate of drug-likeness (QED) is 0.717. The van der Waals surface area contributed by atoms with E-state index < -0.39 is 5.54 Å². The number of rotatable bonds is 4. The maximum Gasteiger partial charge on any atom is 0.322 e. The van der Waals surface area contributed by atoms with E-state index in [2.05, 4.69) is 17.6 Å². The molecule has 1 heterocycles. The lowest BCUT2D eigenvalue weighted by molar-refractivity contribution is -0.126. The summed E-state index contributed by atoms with van der Waals surface area (Å²) in [6, 6.07) is -0.312. The number of amides is 3. The van der Waals surface area contributed by atoms with Crippen molar-refractivity contribution in [1.82, 2.24) is 10.6 Å². The van der Waals surface area contributed by atoms with Crippen LogP contribution in [-0.2, 0) is 4.79 Å². The molecule has 1 aliphatic carbocycles. The Morgan fingerprint density at radius 1 is 1.31 bits per heavy atom. The summed E-state index contributed by atoms with van der Waals surface area (Å²) in [5.74, 6) is 0.239. The van der Waals surface area contributed by atoms with E-state index in [1.54, 1.807) is 0 Å². The minimum absolute atomic E-state index is 0.0992. The van der Waals surface area contributed by atoms with E-state index in [-0.39, 0.29) is 11.9 Å². The summed E-state index contributed by atoms with van der Waals surface area (Å²) >= 11 is 0. The summed E-state index contributed by atoms with van der Waals surface area (Å²) in [6.07, 6.45) is 7.33. The van der Waals surface area contributed by atoms with Crippen LogP contribution in [0.1, 0.15) is 51.9 Å². The zero-order valence-corrected chi connectivity index (χ0v) is 9.84. The number of imide groups is 1. The third kappa shape index (κ3) is 1.81. The van der Waals surface area contributed by atoms with Gasteiger partial charge < -0.3 is 5.32 Å². The Morgan fingerprint density at radius 3 is 2.50 bits per heavy atom. The maximum absolute atomic E-state index is 12.0. The molecule has 16 heavy (non-hydrogen) atoms. The Morgan fingerprint density at radius 2 is 2.00 bits per heavy atom. The first kappa shape index (κ1) is 11.4. The highest BCUT2D eigenvalue weighted by atomic mass is 16.2. The average molecular weight is 224 g/mol. The largest absolute Gasteiger partial charge is 0.323 e. The van der Waals surface area contributed by atoms with Crippen molar-refractivity contribution < 1.29 is 9.59 Å². The van der Waals surface area contributed by atoms with E-state index in [9.17, 15) is 9.59 Å². The lowest BCUT2D eigenvalue weighted by atomic mass is 9.79. The summed E-state index contributed by atoms with van der Waals surface area (Å²) in [7, 11) is 0. The molecule has 1 aliphatic heterocycles. The van der Waals surface area contributed by atoms with E-state index in [1.165, 1.54) is 12.8 Å². The van der Waals surface area contributed by atoms with Gasteiger partial charge in [0, 0.05) is 0 Å². The summed E-state index contributed by atoms with van der Waals surface area (Å²) in [6.45, 7) is 2.11. The zero-order valence-electron chi connectivity index (χ0n) is 9.84. The van der Waals surface area contributed by atoms with Crippen LogP contribution < -0.4 is 10.6 Å². The Bertz CT molecular complexity index is 297. The van der Waals surface area contributed by atoms with Crippen LogP contribution in [0.3, 0.4) is 0 Å². The standard InChI is InChI=1S/C12H20N2O2/c1-2-3-8-12(9-6-4-5-7-9)10(15)13-11(16)14-12/h9H,2-8H2,1H3,(H2,13,14,15,16)/t12-/m1/s1. The first-order valence-electron chi connectivity index (χ1n) is 6.32. The van der Waals surface area contributed by atoms with Crippen LogP contribution in [0.5, 0.6) is 0 Å². The molecule has 0 aromatic rings. The molecule has 0 aromatic heterocycles. The number of hydrogen-bond donors (Lipinski definition) is 2. The van der Waals surface area contributed by atoms with Gasteiger partial charge in [-0.3, -0.25) is 10.1 Å². The van der Waals surface area contributed by atoms with Crippen LogP contribution in [0.2, 0.25) is 0 Å². The second-order valence-corrected chi connectivity index (χ2v) is 4.96. The third-order valence-electron chi connectivity index (χ3n) is 3.95. The first-order chi connectivity index (χ1) is 7.69. The van der Waals surface area contributed by atoms with E-state index in [1.807, 2.05) is 0 Å². The number of hydrogen-bond acceptors (Lipinski definition) is 2. The molecule has 90 valence electrons. The maximum atomic E-state index is 12.0. The molecule has 0 radical (unpaired) electrons. The average Bonchev–Trinajstić information content (AvgIpc) is 2.84. The summed E-state index contributed by atoms with van der Waals surface area (Å²) in [5.41, 5.74) is -0.594. The third-order valence-corrected chi connectivity index (χ3v) is 3.95. The van der Waals surface area contributed by atoms with Crippen molar-refractivity contribution in [2.45, 2.75) is 57.4 Å². The van der Waals surface area contributed by atoms with E-state index in [4.69, 9.17) is 0 Å². The van der Waals surface area contributed by atoms with Crippen LogP contribution in [0.4, 0.5) is 4.79 Å². The highest BCUT2D eigenvalue weighted by Gasteiger charge is 2.51. The molecule has 0 bridgehead atoms. The molecule has 1 atom stereocenters. The molecule has 2 aliphatic rings. The summed E-state index contributed by atoms with van der Waals surface area (Å²) in [4.78, 5) is 23.4. The Labute approximate surface area is 96.2 Å². The van der Waals surface area contributed by atoms with E-state index in [0.29, 0.717) is 5.92 Å². The molecule has 4 heteroatoms. The molecule has 0 unspecified atom stereocenters. The Balaban J connectivity index is 2.17. The smallest absolute Gasteiger partial charge is 0.322 e. The number of urea groups is 1. The molecule has 1 saturated heterocycles. The van der Waals surface area contributed by atoms with Crippen LogP contribution in [0.25, 0.3) is 0 Å². The Kier molecular flexibility index (Phi) is 3.17. The Hall–Kier alpha value is -1.06. The van der Waals surface area contributed by atoms with Gasteiger partial charge in [0.25, 0.3) is 5.91 Å². The molecule has 3 amide bonds. The molecule has 0 spiro atoms. The van der Waals surface area contributed by atoms with Crippen molar-refractivity contribution in [2.24, 2.45) is 5.92 Å². The van der Waals surface area contributed by atoms with Gasteiger partial charge in [-0.2, -0.15) is 0 Å². The summed E-state index contributed by atoms with van der Waals surface area (Å²) < 4.78 is 0. The highest BCUT2D eigenvalue weighted by Crippen LogP contribution is 2.38. The molecule has 0 aromatic carbocycles. The SMILES string of the molecule is CCCC[C@]1(C2CCCC2)NC(=O)NC1=O. The van der Waals surface area contributed by atoms with Gasteiger partial charge >= 0.3 is 6.03 Å². The van der Waals surface area contributed by atoms with Crippen molar-refractivity contribution in [3.05, 3.63) is 0 Å². The molecule has 4 nitrogen and oxygen atoms in total. The topological polar surface area (TPSA) is 58.2 Å². The van der Waals surface area contributed by atoms with E-state index >= 15 is 0 Å². The number of carbonyl (C=O) groups excluding carboxylic acids is 2. The minimum atomic E-state index is -0.594. The van der Waals surface area contributed by atoms with Crippen LogP contribution in [0, 0.1) is 5.92 Å². The van der Waals surface area contributed by atoms with Gasteiger partial charge in [0.1, 0.15) is 5.54 Å². The van der Waals surface area contributed by atoms with Gasteiger partial charge in [0.05, 0.1) is 0 Å². The van der Waals surface area contributed by atoms with Crippen molar-refractivity contribution in [2.75, 3.05) is 0 Å². The van der Waals surface area contributed by atoms with Gasteiger partial charge in [0.15, 0.2) is 0 Å². The highest BCUT2D eigenvalue weighted by molar-refractivity contribution is 6.07. The van der Waals surface area contributed by atoms with Gasteiger partial charge in [-0.25, -0.2) is 4.79 Å². The van der Waals surface area contributed by atoms with Crippen molar-refractivity contribution in [3.63, 3.8) is 0 Å². The predicted octanol–water partition coefficient (Wildman–Crippen LogP) is 1.94. The zero-order chi connectivity index (χ0) is 11.6. The second kappa shape index (κ2) is 4.44. The molecule has 2 N–H and O–H groups in total. The molecular weight excluding hydrogens is 204 g/mol. The van der Waals surface area contributed by atoms with Crippen molar-refractivity contribution in [1.29, 1.82) is 0 Å². The van der Waals surface area contributed by atoms with Crippen LogP contribution in [-0.4, -0.2) is 17.5 Å². The lowest BCUT2D eigenvalue weighted by Gasteiger charge is -2.32. The van der Waals surface area contributed by atoms with Crippen LogP contribution >= 0.6 is 0 Å². The fraction of sp³-hybridized carbons (Fsp3) is 0.833. The predicted molar refractivity (Wildman–Crippen MR) is 60.9 cm³/mol. The molecule has 2 rings (SSSR count). The van der Waals surface area contributed by atoms with Gasteiger partial charge in [-0.15, -0.1) is 0 Å². The van der Waals surface area contributed by atoms with Crippen LogP contribution in [0.15, 0.2) is 0 Å². The molecular formula is C12H20N2O2. The molecule has 1 saturated carbocycles. The van der Waals surface area contributed by atoms with Gasteiger partial charge in [-0.05, 0) is 25.2 Å². The van der Waals surface area contributed by atoms with E-state index in [0.717, 1.165) is 32.1 Å². The number of carbonyl (C=O) groups is 2. The fourth-order valence-electron chi connectivity index (χ4n) is 3.05. The normalized spacial score (nSPS) is 30.6. The fourth-order valence-corrected chi connectivity index (χ4v) is 3.05. The monoisotopic (exact) mass is 224 g/mol. The minimum Gasteiger partial charge on any atom is -0.323 e. The first-order valence-corrected chi connectivity index (χ1v) is 6.32. The van der Waals surface area contributed by atoms with Gasteiger partial charge in [-0.1, -0.05) is 32.6 Å². The van der Waals surface area contributed by atoms with Crippen molar-refractivity contribution in [3.8, 4) is 0 Å². The summed E-state index contributed by atoms with van der Waals surface area (Å²) in [5, 5.41) is 5.30. The van der Waals surface area contributed by atoms with Gasteiger partial charge in [0.2, 0.25) is 0 Å². The lowest BCUT2D eigenvalue weighted by Crippen LogP contribution is -2.52.